The number of nitrogens with one attached hydrogen (secondary N) is 1. The number of hydrogen-bond acceptors (Lipinski definition) is 5. The summed E-state index contributed by atoms with van der Waals surface area (Å²) in [4.78, 5) is 32.9. The highest BCUT2D eigenvalue weighted by molar-refractivity contribution is 5.94. The molecule has 0 unspecified atom stereocenters. The van der Waals surface area contributed by atoms with Gasteiger partial charge in [-0.05, 0) is 52.5 Å². The van der Waals surface area contributed by atoms with Crippen molar-refractivity contribution in [3.05, 3.63) is 36.0 Å². The second-order valence-corrected chi connectivity index (χ2v) is 8.07. The zero-order valence-electron chi connectivity index (χ0n) is 17.9. The Morgan fingerprint density at radius 3 is 2.31 bits per heavy atom. The fraction of sp³-hybridized carbons (Fsp3) is 0.524. The van der Waals surface area contributed by atoms with Crippen molar-refractivity contribution in [2.24, 2.45) is 0 Å². The molecule has 0 spiro atoms. The number of likely N-dealkylation sites (N-methyl/N-ethyl adjacent to an activating group) is 2. The number of carbonyl (C=O) groups excluding carboxylic acids is 2. The molecule has 0 atom stereocenters. The minimum atomic E-state index is -0.0625. The van der Waals surface area contributed by atoms with Gasteiger partial charge in [-0.3, -0.25) is 9.59 Å². The summed E-state index contributed by atoms with van der Waals surface area (Å²) >= 11 is 0. The van der Waals surface area contributed by atoms with E-state index in [1.54, 1.807) is 0 Å². The number of pyridine rings is 1. The van der Waals surface area contributed by atoms with E-state index in [-0.39, 0.29) is 11.8 Å². The molecule has 0 radical (unpaired) electrons. The van der Waals surface area contributed by atoms with Gasteiger partial charge >= 0.3 is 0 Å². The first kappa shape index (κ1) is 21.1. The quantitative estimate of drug-likeness (QED) is 0.731. The second-order valence-electron chi connectivity index (χ2n) is 8.07. The lowest BCUT2D eigenvalue weighted by Gasteiger charge is -2.36. The standard InChI is InChI=1S/C21H32N6O2/c1-23(2)10-9-22-21(29)17-5-6-18-7-8-19(27(18)15-17)25-11-13-26(14-12-25)20(28)16-24(3)4/h5-8,15H,9-14,16H2,1-4H3,(H,22,29). The lowest BCUT2D eigenvalue weighted by molar-refractivity contribution is -0.132. The fourth-order valence-electron chi connectivity index (χ4n) is 3.53. The van der Waals surface area contributed by atoms with E-state index < -0.39 is 0 Å². The molecular formula is C21H32N6O2. The normalized spacial score (nSPS) is 14.8. The van der Waals surface area contributed by atoms with Crippen LogP contribution >= 0.6 is 0 Å². The van der Waals surface area contributed by atoms with Crippen LogP contribution < -0.4 is 10.2 Å². The number of rotatable bonds is 7. The number of aromatic nitrogens is 1. The maximum atomic E-state index is 12.5. The Kier molecular flexibility index (Phi) is 6.76. The largest absolute Gasteiger partial charge is 0.354 e. The van der Waals surface area contributed by atoms with Crippen molar-refractivity contribution >= 4 is 23.1 Å². The summed E-state index contributed by atoms with van der Waals surface area (Å²) in [6.45, 7) is 4.86. The minimum absolute atomic E-state index is 0.0625. The minimum Gasteiger partial charge on any atom is -0.354 e. The molecule has 2 aromatic heterocycles. The highest BCUT2D eigenvalue weighted by Crippen LogP contribution is 2.22. The third kappa shape index (κ3) is 5.27. The van der Waals surface area contributed by atoms with Gasteiger partial charge < -0.3 is 29.3 Å². The first-order valence-corrected chi connectivity index (χ1v) is 10.1. The summed E-state index contributed by atoms with van der Waals surface area (Å²) in [5, 5.41) is 2.96. The molecule has 3 rings (SSSR count). The predicted molar refractivity (Wildman–Crippen MR) is 116 cm³/mol. The Hall–Kier alpha value is -2.58. The fourth-order valence-corrected chi connectivity index (χ4v) is 3.53. The molecule has 1 aliphatic heterocycles. The van der Waals surface area contributed by atoms with Crippen LogP contribution in [0.1, 0.15) is 10.4 Å². The van der Waals surface area contributed by atoms with E-state index in [0.717, 1.165) is 31.0 Å². The number of piperazine rings is 1. The van der Waals surface area contributed by atoms with Gasteiger partial charge in [0.2, 0.25) is 5.91 Å². The molecule has 0 saturated carbocycles. The number of anilines is 1. The number of amides is 2. The highest BCUT2D eigenvalue weighted by Gasteiger charge is 2.23. The molecule has 8 heteroatoms. The number of hydrogen-bond donors (Lipinski definition) is 1. The summed E-state index contributed by atoms with van der Waals surface area (Å²) < 4.78 is 2.07. The third-order valence-corrected chi connectivity index (χ3v) is 5.14. The van der Waals surface area contributed by atoms with Crippen LogP contribution in [0, 0.1) is 0 Å². The zero-order valence-corrected chi connectivity index (χ0v) is 17.9. The molecule has 0 aromatic carbocycles. The van der Waals surface area contributed by atoms with Crippen LogP contribution in [0.15, 0.2) is 30.5 Å². The SMILES string of the molecule is CN(C)CCNC(=O)c1ccc2ccc(N3CCN(C(=O)CN(C)C)CC3)n2c1. The third-order valence-electron chi connectivity index (χ3n) is 5.14. The Morgan fingerprint density at radius 2 is 1.66 bits per heavy atom. The van der Waals surface area contributed by atoms with E-state index in [1.165, 1.54) is 0 Å². The average molecular weight is 401 g/mol. The molecule has 2 aromatic rings. The molecular weight excluding hydrogens is 368 g/mol. The van der Waals surface area contributed by atoms with Crippen molar-refractivity contribution in [1.82, 2.24) is 24.4 Å². The van der Waals surface area contributed by atoms with Crippen molar-refractivity contribution in [1.29, 1.82) is 0 Å². The molecule has 29 heavy (non-hydrogen) atoms. The second kappa shape index (κ2) is 9.28. The van der Waals surface area contributed by atoms with E-state index in [2.05, 4.69) is 26.8 Å². The predicted octanol–water partition coefficient (Wildman–Crippen LogP) is 0.441. The topological polar surface area (TPSA) is 63.5 Å². The monoisotopic (exact) mass is 400 g/mol. The molecule has 0 bridgehead atoms. The molecule has 1 fully saturated rings. The smallest absolute Gasteiger partial charge is 0.252 e. The van der Waals surface area contributed by atoms with Gasteiger partial charge in [0.25, 0.3) is 5.91 Å². The molecule has 0 aliphatic carbocycles. The lowest BCUT2D eigenvalue weighted by atomic mass is 10.2. The van der Waals surface area contributed by atoms with Crippen molar-refractivity contribution in [2.45, 2.75) is 0 Å². The molecule has 8 nitrogen and oxygen atoms in total. The Bertz CT molecular complexity index is 852. The lowest BCUT2D eigenvalue weighted by Crippen LogP contribution is -2.51. The number of carbonyl (C=O) groups is 2. The van der Waals surface area contributed by atoms with E-state index in [4.69, 9.17) is 0 Å². The van der Waals surface area contributed by atoms with Crippen LogP contribution in [0.25, 0.3) is 5.52 Å². The number of nitrogens with zero attached hydrogens (tertiary/aromatic N) is 5. The van der Waals surface area contributed by atoms with Crippen molar-refractivity contribution in [3.8, 4) is 0 Å². The molecule has 1 N–H and O–H groups in total. The molecule has 1 aliphatic rings. The van der Waals surface area contributed by atoms with Gasteiger partial charge in [-0.25, -0.2) is 0 Å². The summed E-state index contributed by atoms with van der Waals surface area (Å²) in [6.07, 6.45) is 1.90. The molecule has 1 saturated heterocycles. The van der Waals surface area contributed by atoms with E-state index in [0.29, 0.717) is 31.7 Å². The maximum Gasteiger partial charge on any atom is 0.252 e. The van der Waals surface area contributed by atoms with Gasteiger partial charge in [0.1, 0.15) is 5.82 Å². The summed E-state index contributed by atoms with van der Waals surface area (Å²) in [5.74, 6) is 1.17. The maximum absolute atomic E-state index is 12.5. The van der Waals surface area contributed by atoms with Crippen molar-refractivity contribution in [3.63, 3.8) is 0 Å². The van der Waals surface area contributed by atoms with Gasteiger partial charge in [-0.2, -0.15) is 0 Å². The van der Waals surface area contributed by atoms with Gasteiger partial charge in [0, 0.05) is 51.0 Å². The van der Waals surface area contributed by atoms with Crippen LogP contribution in [-0.4, -0.2) is 105 Å². The van der Waals surface area contributed by atoms with Crippen molar-refractivity contribution in [2.75, 3.05) is 78.9 Å². The van der Waals surface area contributed by atoms with Gasteiger partial charge in [0.05, 0.1) is 12.1 Å². The van der Waals surface area contributed by atoms with Crippen molar-refractivity contribution < 1.29 is 9.59 Å². The van der Waals surface area contributed by atoms with Crippen LogP contribution in [0.4, 0.5) is 5.82 Å². The molecule has 3 heterocycles. The summed E-state index contributed by atoms with van der Waals surface area (Å²) in [5.41, 5.74) is 1.70. The first-order valence-electron chi connectivity index (χ1n) is 10.1. The molecule has 158 valence electrons. The van der Waals surface area contributed by atoms with E-state index in [9.17, 15) is 9.59 Å². The van der Waals surface area contributed by atoms with Gasteiger partial charge in [-0.1, -0.05) is 0 Å². The van der Waals surface area contributed by atoms with Gasteiger partial charge in [0.15, 0.2) is 0 Å². The molecule has 2 amide bonds. The van der Waals surface area contributed by atoms with E-state index >= 15 is 0 Å². The average Bonchev–Trinajstić information content (AvgIpc) is 3.10. The summed E-state index contributed by atoms with van der Waals surface area (Å²) in [7, 11) is 7.79. The Balaban J connectivity index is 1.68. The zero-order chi connectivity index (χ0) is 21.0. The van der Waals surface area contributed by atoms with Crippen LogP contribution in [-0.2, 0) is 4.79 Å². The summed E-state index contributed by atoms with van der Waals surface area (Å²) in [6, 6.07) is 7.98. The van der Waals surface area contributed by atoms with Crippen LogP contribution in [0.3, 0.4) is 0 Å². The Labute approximate surface area is 172 Å². The number of fused-ring (bicyclic) bond motifs is 1. The van der Waals surface area contributed by atoms with Gasteiger partial charge in [-0.15, -0.1) is 0 Å². The van der Waals surface area contributed by atoms with Crippen LogP contribution in [0.2, 0.25) is 0 Å². The van der Waals surface area contributed by atoms with E-state index in [1.807, 2.05) is 61.2 Å². The highest BCUT2D eigenvalue weighted by atomic mass is 16.2. The first-order chi connectivity index (χ1) is 13.8. The van der Waals surface area contributed by atoms with Crippen LogP contribution in [0.5, 0.6) is 0 Å². The Morgan fingerprint density at radius 1 is 0.966 bits per heavy atom.